The molecule has 8 nitrogen and oxygen atoms in total. The first-order valence-corrected chi connectivity index (χ1v) is 6.20. The normalized spacial score (nSPS) is 10.0. The predicted octanol–water partition coefficient (Wildman–Crippen LogP) is 0.168. The minimum Gasteiger partial charge on any atom is -0.496 e. The number of para-hydroxylation sites is 1. The van der Waals surface area contributed by atoms with Gasteiger partial charge in [-0.25, -0.2) is 0 Å². The smallest absolute Gasteiger partial charge is 0.274 e. The maximum Gasteiger partial charge on any atom is 0.274 e. The average Bonchev–Trinajstić information content (AvgIpc) is 2.49. The van der Waals surface area contributed by atoms with E-state index in [1.54, 1.807) is 19.2 Å². The van der Waals surface area contributed by atoms with Gasteiger partial charge >= 0.3 is 0 Å². The zero-order valence-electron chi connectivity index (χ0n) is 11.6. The lowest BCUT2D eigenvalue weighted by Crippen LogP contribution is -2.33. The van der Waals surface area contributed by atoms with Crippen molar-refractivity contribution in [3.8, 4) is 5.75 Å². The van der Waals surface area contributed by atoms with Crippen LogP contribution in [0.5, 0.6) is 5.75 Å². The summed E-state index contributed by atoms with van der Waals surface area (Å²) in [6.07, 6.45) is 0.126. The quantitative estimate of drug-likeness (QED) is 0.677. The number of hydrogen-bond donors (Lipinski definition) is 3. The zero-order valence-corrected chi connectivity index (χ0v) is 11.6. The first kappa shape index (κ1) is 14.5. The van der Waals surface area contributed by atoms with Crippen molar-refractivity contribution in [2.75, 3.05) is 12.5 Å². The maximum atomic E-state index is 11.8. The molecule has 1 amide bonds. The van der Waals surface area contributed by atoms with Crippen molar-refractivity contribution in [3.05, 3.63) is 45.9 Å². The fraction of sp³-hybridized carbons (Fsp3) is 0.231. The highest BCUT2D eigenvalue weighted by atomic mass is 16.5. The maximum absolute atomic E-state index is 11.8. The summed E-state index contributed by atoms with van der Waals surface area (Å²) in [5, 5.41) is 7.34. The summed E-state index contributed by atoms with van der Waals surface area (Å²) in [7, 11) is 1.54. The Kier molecular flexibility index (Phi) is 4.50. The van der Waals surface area contributed by atoms with Gasteiger partial charge in [0.1, 0.15) is 11.4 Å². The van der Waals surface area contributed by atoms with Gasteiger partial charge in [0.2, 0.25) is 11.9 Å². The van der Waals surface area contributed by atoms with Crippen LogP contribution in [-0.2, 0) is 11.2 Å². The predicted molar refractivity (Wildman–Crippen MR) is 75.9 cm³/mol. The van der Waals surface area contributed by atoms with E-state index in [2.05, 4.69) is 26.0 Å². The lowest BCUT2D eigenvalue weighted by atomic mass is 10.1. The van der Waals surface area contributed by atoms with Crippen molar-refractivity contribution < 1.29 is 9.53 Å². The topological polar surface area (TPSA) is 109 Å². The number of amides is 1. The number of aryl methyl sites for hydroxylation is 1. The van der Waals surface area contributed by atoms with Crippen LogP contribution in [0, 0.1) is 6.92 Å². The molecule has 0 atom stereocenters. The Bertz CT molecular complexity index is 698. The minimum absolute atomic E-state index is 0.0685. The number of anilines is 1. The van der Waals surface area contributed by atoms with Crippen molar-refractivity contribution in [2.45, 2.75) is 13.3 Å². The molecule has 1 aromatic carbocycles. The zero-order chi connectivity index (χ0) is 15.2. The third kappa shape index (κ3) is 3.78. The highest BCUT2D eigenvalue weighted by molar-refractivity contribution is 5.80. The van der Waals surface area contributed by atoms with E-state index in [9.17, 15) is 9.59 Å². The van der Waals surface area contributed by atoms with E-state index in [1.165, 1.54) is 6.92 Å². The van der Waals surface area contributed by atoms with Crippen LogP contribution < -0.4 is 21.1 Å². The molecule has 21 heavy (non-hydrogen) atoms. The molecule has 1 aromatic heterocycles. The Labute approximate surface area is 120 Å². The molecule has 2 rings (SSSR count). The van der Waals surface area contributed by atoms with Gasteiger partial charge in [-0.15, -0.1) is 10.2 Å². The summed E-state index contributed by atoms with van der Waals surface area (Å²) >= 11 is 0. The molecule has 0 aliphatic carbocycles. The molecule has 0 saturated heterocycles. The first-order chi connectivity index (χ1) is 10.1. The van der Waals surface area contributed by atoms with Crippen LogP contribution in [0.15, 0.2) is 29.1 Å². The highest BCUT2D eigenvalue weighted by Gasteiger charge is 2.08. The number of rotatable bonds is 5. The van der Waals surface area contributed by atoms with Gasteiger partial charge in [0.15, 0.2) is 0 Å². The number of nitrogens with one attached hydrogen (secondary N) is 3. The third-order valence-electron chi connectivity index (χ3n) is 2.72. The van der Waals surface area contributed by atoms with Gasteiger partial charge in [0.25, 0.3) is 5.56 Å². The third-order valence-corrected chi connectivity index (χ3v) is 2.72. The standard InChI is InChI=1S/C13H15N5O3/c1-8-12(20)14-13(17-15-8)18-16-11(19)7-9-5-3-4-6-10(9)21-2/h3-6H,7H2,1-2H3,(H,16,19)(H2,14,17,18,20). The number of aromatic amines is 1. The van der Waals surface area contributed by atoms with Crippen molar-refractivity contribution in [1.29, 1.82) is 0 Å². The summed E-state index contributed by atoms with van der Waals surface area (Å²) in [5.74, 6) is 0.401. The van der Waals surface area contributed by atoms with E-state index in [-0.39, 0.29) is 29.5 Å². The fourth-order valence-electron chi connectivity index (χ4n) is 1.64. The van der Waals surface area contributed by atoms with Crippen molar-refractivity contribution in [3.63, 3.8) is 0 Å². The number of aromatic nitrogens is 3. The minimum atomic E-state index is -0.369. The molecule has 1 heterocycles. The second kappa shape index (κ2) is 6.51. The molecule has 0 unspecified atom stereocenters. The van der Waals surface area contributed by atoms with E-state index < -0.39 is 0 Å². The van der Waals surface area contributed by atoms with Crippen LogP contribution in [0.3, 0.4) is 0 Å². The molecule has 0 aliphatic heterocycles. The van der Waals surface area contributed by atoms with E-state index in [1.807, 2.05) is 12.1 Å². The molecule has 0 fully saturated rings. The van der Waals surface area contributed by atoms with Crippen LogP contribution in [0.25, 0.3) is 0 Å². The molecular formula is C13H15N5O3. The molecular weight excluding hydrogens is 274 g/mol. The monoisotopic (exact) mass is 289 g/mol. The molecule has 0 spiro atoms. The summed E-state index contributed by atoms with van der Waals surface area (Å²) < 4.78 is 5.17. The van der Waals surface area contributed by atoms with Gasteiger partial charge in [-0.2, -0.15) is 0 Å². The lowest BCUT2D eigenvalue weighted by Gasteiger charge is -2.09. The number of benzene rings is 1. The Balaban J connectivity index is 1.96. The Morgan fingerprint density at radius 1 is 1.33 bits per heavy atom. The summed E-state index contributed by atoms with van der Waals surface area (Å²) in [6.45, 7) is 1.54. The van der Waals surface area contributed by atoms with Crippen LogP contribution in [0.1, 0.15) is 11.3 Å². The highest BCUT2D eigenvalue weighted by Crippen LogP contribution is 2.17. The second-order valence-corrected chi connectivity index (χ2v) is 4.25. The van der Waals surface area contributed by atoms with E-state index in [0.29, 0.717) is 5.75 Å². The van der Waals surface area contributed by atoms with E-state index in [0.717, 1.165) is 5.56 Å². The Hall–Kier alpha value is -2.90. The summed E-state index contributed by atoms with van der Waals surface area (Å²) in [6, 6.07) is 7.22. The molecule has 0 aliphatic rings. The molecule has 0 radical (unpaired) electrons. The second-order valence-electron chi connectivity index (χ2n) is 4.25. The number of H-pyrrole nitrogens is 1. The molecule has 2 aromatic rings. The molecule has 0 saturated carbocycles. The van der Waals surface area contributed by atoms with Crippen LogP contribution in [0.4, 0.5) is 5.95 Å². The van der Waals surface area contributed by atoms with E-state index in [4.69, 9.17) is 4.74 Å². The van der Waals surface area contributed by atoms with Crippen LogP contribution >= 0.6 is 0 Å². The number of nitrogens with zero attached hydrogens (tertiary/aromatic N) is 2. The van der Waals surface area contributed by atoms with Crippen molar-refractivity contribution >= 4 is 11.9 Å². The largest absolute Gasteiger partial charge is 0.496 e. The van der Waals surface area contributed by atoms with Crippen LogP contribution in [-0.4, -0.2) is 28.2 Å². The number of ether oxygens (including phenoxy) is 1. The molecule has 3 N–H and O–H groups in total. The SMILES string of the molecule is COc1ccccc1CC(=O)NNc1nnc(C)c(=O)[nH]1. The number of hydrazine groups is 1. The van der Waals surface area contributed by atoms with Gasteiger partial charge in [-0.3, -0.25) is 25.4 Å². The Morgan fingerprint density at radius 2 is 2.10 bits per heavy atom. The van der Waals surface area contributed by atoms with Crippen molar-refractivity contribution in [2.24, 2.45) is 0 Å². The summed E-state index contributed by atoms with van der Waals surface area (Å²) in [4.78, 5) is 25.6. The average molecular weight is 289 g/mol. The van der Waals surface area contributed by atoms with Crippen molar-refractivity contribution in [1.82, 2.24) is 20.6 Å². The number of hydrogen-bond acceptors (Lipinski definition) is 6. The van der Waals surface area contributed by atoms with E-state index >= 15 is 0 Å². The van der Waals surface area contributed by atoms with Gasteiger partial charge < -0.3 is 4.74 Å². The van der Waals surface area contributed by atoms with Gasteiger partial charge in [0, 0.05) is 5.56 Å². The number of methoxy groups -OCH3 is 1. The number of carbonyl (C=O) groups is 1. The van der Waals surface area contributed by atoms with Crippen LogP contribution in [0.2, 0.25) is 0 Å². The Morgan fingerprint density at radius 3 is 2.81 bits per heavy atom. The van der Waals surface area contributed by atoms with Gasteiger partial charge in [0.05, 0.1) is 13.5 Å². The molecule has 110 valence electrons. The first-order valence-electron chi connectivity index (χ1n) is 6.20. The van der Waals surface area contributed by atoms with Gasteiger partial charge in [-0.1, -0.05) is 18.2 Å². The molecule has 0 bridgehead atoms. The molecule has 8 heteroatoms. The van der Waals surface area contributed by atoms with Gasteiger partial charge in [-0.05, 0) is 13.0 Å². The number of carbonyl (C=O) groups excluding carboxylic acids is 1. The lowest BCUT2D eigenvalue weighted by molar-refractivity contribution is -0.120. The summed E-state index contributed by atoms with van der Waals surface area (Å²) in [5.41, 5.74) is 5.56. The fourth-order valence-corrected chi connectivity index (χ4v) is 1.64.